The topological polar surface area (TPSA) is 63.8 Å². The molecule has 1 heterocycles. The van der Waals surface area contributed by atoms with Gasteiger partial charge in [0.2, 0.25) is 5.88 Å². The lowest BCUT2D eigenvalue weighted by molar-refractivity contribution is 0.242. The normalized spacial score (nSPS) is 11.1. The van der Waals surface area contributed by atoms with Gasteiger partial charge in [-0.3, -0.25) is 0 Å². The SMILES string of the molecule is CC(C)Oc1ccc(Cn2c(O)c(N=O)c3ccccc32)cc1. The highest BCUT2D eigenvalue weighted by atomic mass is 16.5. The van der Waals surface area contributed by atoms with Crippen LogP contribution in [0.2, 0.25) is 0 Å². The van der Waals surface area contributed by atoms with E-state index in [9.17, 15) is 10.0 Å². The minimum atomic E-state index is -0.108. The number of hydrogen-bond donors (Lipinski definition) is 1. The zero-order valence-corrected chi connectivity index (χ0v) is 13.1. The van der Waals surface area contributed by atoms with Gasteiger partial charge in [0, 0.05) is 5.39 Å². The first kappa shape index (κ1) is 15.1. The van der Waals surface area contributed by atoms with Crippen molar-refractivity contribution in [2.45, 2.75) is 26.5 Å². The van der Waals surface area contributed by atoms with Gasteiger partial charge >= 0.3 is 0 Å². The van der Waals surface area contributed by atoms with Crippen LogP contribution >= 0.6 is 0 Å². The molecule has 3 rings (SSSR count). The smallest absolute Gasteiger partial charge is 0.222 e. The Morgan fingerprint density at radius 1 is 1.13 bits per heavy atom. The molecule has 0 saturated carbocycles. The van der Waals surface area contributed by atoms with E-state index in [1.807, 2.05) is 56.3 Å². The third-order valence-electron chi connectivity index (χ3n) is 3.64. The van der Waals surface area contributed by atoms with Crippen LogP contribution in [0.3, 0.4) is 0 Å². The van der Waals surface area contributed by atoms with E-state index in [0.717, 1.165) is 16.8 Å². The number of hydrogen-bond acceptors (Lipinski definition) is 4. The van der Waals surface area contributed by atoms with Crippen LogP contribution in [0.15, 0.2) is 53.7 Å². The van der Waals surface area contributed by atoms with E-state index in [4.69, 9.17) is 4.74 Å². The fourth-order valence-electron chi connectivity index (χ4n) is 2.65. The average molecular weight is 310 g/mol. The van der Waals surface area contributed by atoms with Crippen molar-refractivity contribution in [1.82, 2.24) is 4.57 Å². The maximum Gasteiger partial charge on any atom is 0.222 e. The Kier molecular flexibility index (Phi) is 4.02. The maximum absolute atomic E-state index is 11.0. The number of para-hydroxylation sites is 1. The first-order chi connectivity index (χ1) is 11.1. The lowest BCUT2D eigenvalue weighted by Crippen LogP contribution is -2.05. The minimum Gasteiger partial charge on any atom is -0.493 e. The Balaban J connectivity index is 1.95. The number of ether oxygens (including phenoxy) is 1. The number of nitroso groups, excluding NO2 is 1. The molecule has 0 aliphatic carbocycles. The Bertz CT molecular complexity index is 835. The summed E-state index contributed by atoms with van der Waals surface area (Å²) < 4.78 is 7.31. The second-order valence-electron chi connectivity index (χ2n) is 5.68. The van der Waals surface area contributed by atoms with Crippen LogP contribution in [0.4, 0.5) is 5.69 Å². The number of fused-ring (bicyclic) bond motifs is 1. The van der Waals surface area contributed by atoms with Crippen molar-refractivity contribution >= 4 is 16.6 Å². The molecular weight excluding hydrogens is 292 g/mol. The van der Waals surface area contributed by atoms with Crippen LogP contribution in [0.1, 0.15) is 19.4 Å². The van der Waals surface area contributed by atoms with E-state index in [1.54, 1.807) is 10.6 Å². The average Bonchev–Trinajstić information content (AvgIpc) is 2.81. The van der Waals surface area contributed by atoms with Gasteiger partial charge in [-0.1, -0.05) is 30.3 Å². The van der Waals surface area contributed by atoms with Gasteiger partial charge in [0.05, 0.1) is 18.2 Å². The quantitative estimate of drug-likeness (QED) is 0.701. The number of benzene rings is 2. The molecule has 23 heavy (non-hydrogen) atoms. The first-order valence-corrected chi connectivity index (χ1v) is 7.49. The number of aromatic nitrogens is 1. The zero-order chi connectivity index (χ0) is 16.4. The molecule has 0 amide bonds. The molecule has 0 spiro atoms. The Hall–Kier alpha value is -2.82. The van der Waals surface area contributed by atoms with Crippen molar-refractivity contribution in [3.05, 3.63) is 59.0 Å². The fraction of sp³-hybridized carbons (Fsp3) is 0.222. The second-order valence-corrected chi connectivity index (χ2v) is 5.68. The van der Waals surface area contributed by atoms with Crippen LogP contribution < -0.4 is 4.74 Å². The van der Waals surface area contributed by atoms with Crippen LogP contribution in [0, 0.1) is 4.91 Å². The molecule has 5 nitrogen and oxygen atoms in total. The fourth-order valence-corrected chi connectivity index (χ4v) is 2.65. The third kappa shape index (κ3) is 2.90. The third-order valence-corrected chi connectivity index (χ3v) is 3.64. The standard InChI is InChI=1S/C18H18N2O3/c1-12(2)23-14-9-7-13(8-10-14)11-20-16-6-4-3-5-15(16)17(19-22)18(20)21/h3-10,12,21H,11H2,1-2H3. The van der Waals surface area contributed by atoms with Crippen LogP contribution in [0.5, 0.6) is 11.6 Å². The Morgan fingerprint density at radius 2 is 1.83 bits per heavy atom. The first-order valence-electron chi connectivity index (χ1n) is 7.49. The molecule has 0 atom stereocenters. The molecule has 0 radical (unpaired) electrons. The molecule has 2 aromatic carbocycles. The Morgan fingerprint density at radius 3 is 2.48 bits per heavy atom. The largest absolute Gasteiger partial charge is 0.493 e. The van der Waals surface area contributed by atoms with Crippen molar-refractivity contribution in [2.24, 2.45) is 5.18 Å². The van der Waals surface area contributed by atoms with Crippen molar-refractivity contribution in [2.75, 3.05) is 0 Å². The molecule has 3 aromatic rings. The molecule has 0 bridgehead atoms. The van der Waals surface area contributed by atoms with E-state index in [0.29, 0.717) is 11.9 Å². The highest BCUT2D eigenvalue weighted by Gasteiger charge is 2.17. The highest BCUT2D eigenvalue weighted by Crippen LogP contribution is 2.38. The molecule has 1 N–H and O–H groups in total. The number of aromatic hydroxyl groups is 1. The van der Waals surface area contributed by atoms with Gasteiger partial charge < -0.3 is 14.4 Å². The van der Waals surface area contributed by atoms with E-state index in [-0.39, 0.29) is 17.7 Å². The molecule has 0 unspecified atom stereocenters. The molecule has 5 heteroatoms. The number of nitrogens with zero attached hydrogens (tertiary/aromatic N) is 2. The van der Waals surface area contributed by atoms with Crippen molar-refractivity contribution in [1.29, 1.82) is 0 Å². The van der Waals surface area contributed by atoms with Crippen molar-refractivity contribution in [3.63, 3.8) is 0 Å². The molecule has 118 valence electrons. The Labute approximate surface area is 134 Å². The predicted octanol–water partition coefficient (Wildman–Crippen LogP) is 4.58. The summed E-state index contributed by atoms with van der Waals surface area (Å²) in [6, 6.07) is 15.0. The van der Waals surface area contributed by atoms with E-state index >= 15 is 0 Å². The predicted molar refractivity (Wildman–Crippen MR) is 90.4 cm³/mol. The molecule has 0 aliphatic rings. The summed E-state index contributed by atoms with van der Waals surface area (Å²) in [4.78, 5) is 11.0. The van der Waals surface area contributed by atoms with Gasteiger partial charge in [0.1, 0.15) is 5.75 Å². The summed E-state index contributed by atoms with van der Waals surface area (Å²) in [6.07, 6.45) is 0.125. The summed E-state index contributed by atoms with van der Waals surface area (Å²) in [6.45, 7) is 4.40. The lowest BCUT2D eigenvalue weighted by Gasteiger charge is -2.11. The van der Waals surface area contributed by atoms with Crippen LogP contribution in [0.25, 0.3) is 10.9 Å². The van der Waals surface area contributed by atoms with E-state index in [1.165, 1.54) is 0 Å². The molecular formula is C18H18N2O3. The summed E-state index contributed by atoms with van der Waals surface area (Å²) in [5.74, 6) is 0.698. The zero-order valence-electron chi connectivity index (χ0n) is 13.1. The summed E-state index contributed by atoms with van der Waals surface area (Å²) in [7, 11) is 0. The van der Waals surface area contributed by atoms with Gasteiger partial charge in [-0.05, 0) is 42.8 Å². The van der Waals surface area contributed by atoms with Gasteiger partial charge in [-0.2, -0.15) is 0 Å². The monoisotopic (exact) mass is 310 g/mol. The minimum absolute atomic E-state index is 0.0837. The van der Waals surface area contributed by atoms with Gasteiger partial charge in [-0.25, -0.2) is 0 Å². The number of rotatable bonds is 5. The van der Waals surface area contributed by atoms with E-state index < -0.39 is 0 Å². The molecule has 0 saturated heterocycles. The van der Waals surface area contributed by atoms with Gasteiger partial charge in [0.25, 0.3) is 0 Å². The maximum atomic E-state index is 11.0. The molecule has 0 fully saturated rings. The molecule has 1 aromatic heterocycles. The summed E-state index contributed by atoms with van der Waals surface area (Å²) in [5.41, 5.74) is 1.86. The van der Waals surface area contributed by atoms with E-state index in [2.05, 4.69) is 5.18 Å². The van der Waals surface area contributed by atoms with Crippen molar-refractivity contribution < 1.29 is 9.84 Å². The highest BCUT2D eigenvalue weighted by molar-refractivity contribution is 5.95. The van der Waals surface area contributed by atoms with Crippen LogP contribution in [-0.2, 0) is 6.54 Å². The van der Waals surface area contributed by atoms with Gasteiger partial charge in [0.15, 0.2) is 5.69 Å². The molecule has 0 aliphatic heterocycles. The van der Waals surface area contributed by atoms with Crippen LogP contribution in [-0.4, -0.2) is 15.8 Å². The summed E-state index contributed by atoms with van der Waals surface area (Å²) in [5, 5.41) is 13.9. The lowest BCUT2D eigenvalue weighted by atomic mass is 10.2. The second kappa shape index (κ2) is 6.12. The summed E-state index contributed by atoms with van der Waals surface area (Å²) >= 11 is 0. The van der Waals surface area contributed by atoms with Crippen molar-refractivity contribution in [3.8, 4) is 11.6 Å². The van der Waals surface area contributed by atoms with Gasteiger partial charge in [-0.15, -0.1) is 4.91 Å².